The molecule has 0 amide bonds. The lowest BCUT2D eigenvalue weighted by Crippen LogP contribution is -2.52. The molecule has 3 fully saturated rings. The first kappa shape index (κ1) is 21.4. The van der Waals surface area contributed by atoms with E-state index in [2.05, 4.69) is 0 Å². The Kier molecular flexibility index (Phi) is 7.49. The summed E-state index contributed by atoms with van der Waals surface area (Å²) in [5.74, 6) is 0. The maximum absolute atomic E-state index is 10.3. The molecule has 3 aliphatic rings. The van der Waals surface area contributed by atoms with E-state index in [0.29, 0.717) is 25.7 Å². The molecule has 3 saturated heterocycles. The first-order valence-electron chi connectivity index (χ1n) is 10.0. The number of ether oxygens (including phenoxy) is 6. The minimum Gasteiger partial charge on any atom is -0.390 e. The van der Waals surface area contributed by atoms with Crippen LogP contribution in [-0.2, 0) is 28.4 Å². The van der Waals surface area contributed by atoms with E-state index in [1.54, 1.807) is 7.11 Å². The number of aliphatic hydroxyl groups is 2. The van der Waals surface area contributed by atoms with Crippen LogP contribution in [0.15, 0.2) is 0 Å². The van der Waals surface area contributed by atoms with Crippen molar-refractivity contribution in [2.75, 3.05) is 7.11 Å². The van der Waals surface area contributed by atoms with E-state index in [-0.39, 0.29) is 30.7 Å². The number of hydrogen-bond acceptors (Lipinski definition) is 8. The summed E-state index contributed by atoms with van der Waals surface area (Å²) in [5.41, 5.74) is 0. The molecule has 2 N–H and O–H groups in total. The smallest absolute Gasteiger partial charge is 0.160 e. The Hall–Kier alpha value is -0.320. The van der Waals surface area contributed by atoms with Crippen LogP contribution in [-0.4, -0.2) is 78.9 Å². The van der Waals surface area contributed by atoms with Gasteiger partial charge in [-0.3, -0.25) is 0 Å². The van der Waals surface area contributed by atoms with Crippen molar-refractivity contribution >= 4 is 0 Å². The van der Waals surface area contributed by atoms with Crippen LogP contribution in [0.4, 0.5) is 0 Å². The lowest BCUT2D eigenvalue weighted by atomic mass is 10.0. The van der Waals surface area contributed by atoms with E-state index in [4.69, 9.17) is 28.4 Å². The van der Waals surface area contributed by atoms with Crippen molar-refractivity contribution in [3.05, 3.63) is 0 Å². The van der Waals surface area contributed by atoms with E-state index in [0.717, 1.165) is 6.42 Å². The van der Waals surface area contributed by atoms with Crippen molar-refractivity contribution in [2.24, 2.45) is 0 Å². The third kappa shape index (κ3) is 5.39. The number of aliphatic hydroxyl groups excluding tert-OH is 2. The van der Waals surface area contributed by atoms with E-state index in [1.807, 2.05) is 20.8 Å². The summed E-state index contributed by atoms with van der Waals surface area (Å²) in [4.78, 5) is 0. The van der Waals surface area contributed by atoms with Gasteiger partial charge in [0.1, 0.15) is 6.10 Å². The molecule has 158 valence electrons. The van der Waals surface area contributed by atoms with E-state index in [1.165, 1.54) is 0 Å². The first-order valence-corrected chi connectivity index (χ1v) is 10.0. The van der Waals surface area contributed by atoms with E-state index < -0.39 is 30.9 Å². The normalized spacial score (nSPS) is 49.1. The molecule has 0 unspecified atom stereocenters. The summed E-state index contributed by atoms with van der Waals surface area (Å²) in [7, 11) is 1.56. The molecule has 0 bridgehead atoms. The summed E-state index contributed by atoms with van der Waals surface area (Å²) in [6.07, 6.45) is -0.204. The second-order valence-electron chi connectivity index (χ2n) is 7.85. The van der Waals surface area contributed by atoms with E-state index >= 15 is 0 Å². The second kappa shape index (κ2) is 9.45. The van der Waals surface area contributed by atoms with Crippen LogP contribution in [0, 0.1) is 0 Å². The van der Waals surface area contributed by atoms with Gasteiger partial charge in [-0.2, -0.15) is 0 Å². The van der Waals surface area contributed by atoms with Gasteiger partial charge >= 0.3 is 0 Å². The average molecular weight is 390 g/mol. The number of rotatable bonds is 5. The van der Waals surface area contributed by atoms with Gasteiger partial charge in [0, 0.05) is 26.4 Å². The fourth-order valence-electron chi connectivity index (χ4n) is 3.99. The Bertz CT molecular complexity index is 451. The quantitative estimate of drug-likeness (QED) is 0.726. The van der Waals surface area contributed by atoms with Crippen molar-refractivity contribution in [3.63, 3.8) is 0 Å². The largest absolute Gasteiger partial charge is 0.390 e. The number of methoxy groups -OCH3 is 1. The maximum atomic E-state index is 10.3. The van der Waals surface area contributed by atoms with Gasteiger partial charge in [-0.05, 0) is 33.6 Å². The molecule has 10 atom stereocenters. The predicted octanol–water partition coefficient (Wildman–Crippen LogP) is 1.31. The highest BCUT2D eigenvalue weighted by atomic mass is 16.7. The third-order valence-electron chi connectivity index (χ3n) is 5.72. The lowest BCUT2D eigenvalue weighted by Gasteiger charge is -2.42. The zero-order valence-electron chi connectivity index (χ0n) is 16.7. The molecule has 8 nitrogen and oxygen atoms in total. The third-order valence-corrected chi connectivity index (χ3v) is 5.72. The van der Waals surface area contributed by atoms with E-state index in [9.17, 15) is 10.2 Å². The molecular formula is C19H34O8. The molecule has 0 aromatic heterocycles. The number of hydrogen-bond donors (Lipinski definition) is 2. The monoisotopic (exact) mass is 390 g/mol. The van der Waals surface area contributed by atoms with Gasteiger partial charge in [0.25, 0.3) is 0 Å². The molecule has 0 saturated carbocycles. The van der Waals surface area contributed by atoms with Crippen LogP contribution in [0.5, 0.6) is 0 Å². The molecular weight excluding hydrogens is 356 g/mol. The summed E-state index contributed by atoms with van der Waals surface area (Å²) < 4.78 is 34.7. The topological polar surface area (TPSA) is 95.8 Å². The Labute approximate surface area is 161 Å². The standard InChI is InChI=1S/C19H34O8/c1-10-13(20)5-7-16(23-10)26-15-6-8-17(24-11(15)2)27-19-12(3)25-18(22-4)9-14(19)21/h10-21H,5-9H2,1-4H3/t10-,11-,12+,13+,14+,15-,16-,17-,18-,19+/m0/s1. The summed E-state index contributed by atoms with van der Waals surface area (Å²) >= 11 is 0. The highest BCUT2D eigenvalue weighted by molar-refractivity contribution is 4.84. The first-order chi connectivity index (χ1) is 12.9. The van der Waals surface area contributed by atoms with Crippen LogP contribution in [0.2, 0.25) is 0 Å². The molecule has 3 aliphatic heterocycles. The summed E-state index contributed by atoms with van der Waals surface area (Å²) in [5, 5.41) is 20.1. The van der Waals surface area contributed by atoms with Gasteiger partial charge in [0.2, 0.25) is 0 Å². The Morgan fingerprint density at radius 1 is 0.704 bits per heavy atom. The second-order valence-corrected chi connectivity index (χ2v) is 7.85. The highest BCUT2D eigenvalue weighted by Gasteiger charge is 2.40. The van der Waals surface area contributed by atoms with Crippen LogP contribution < -0.4 is 0 Å². The van der Waals surface area contributed by atoms with Crippen molar-refractivity contribution in [1.82, 2.24) is 0 Å². The van der Waals surface area contributed by atoms with Crippen LogP contribution >= 0.6 is 0 Å². The van der Waals surface area contributed by atoms with Crippen LogP contribution in [0.1, 0.15) is 52.9 Å². The Morgan fingerprint density at radius 2 is 1.33 bits per heavy atom. The minimum atomic E-state index is -0.657. The molecule has 8 heteroatoms. The van der Waals surface area contributed by atoms with Crippen molar-refractivity contribution in [1.29, 1.82) is 0 Å². The predicted molar refractivity (Wildman–Crippen MR) is 94.9 cm³/mol. The van der Waals surface area contributed by atoms with Gasteiger partial charge in [0.05, 0.1) is 36.6 Å². The minimum absolute atomic E-state index is 0.0832. The molecule has 0 aromatic carbocycles. The van der Waals surface area contributed by atoms with Gasteiger partial charge < -0.3 is 38.6 Å². The van der Waals surface area contributed by atoms with Crippen molar-refractivity contribution in [2.45, 2.75) is 114 Å². The maximum Gasteiger partial charge on any atom is 0.160 e. The van der Waals surface area contributed by atoms with Gasteiger partial charge in [0.15, 0.2) is 18.9 Å². The zero-order chi connectivity index (χ0) is 19.6. The zero-order valence-corrected chi connectivity index (χ0v) is 16.7. The lowest BCUT2D eigenvalue weighted by molar-refractivity contribution is -0.314. The van der Waals surface area contributed by atoms with Crippen LogP contribution in [0.25, 0.3) is 0 Å². The molecule has 3 heterocycles. The van der Waals surface area contributed by atoms with Gasteiger partial charge in [-0.25, -0.2) is 0 Å². The van der Waals surface area contributed by atoms with Crippen molar-refractivity contribution < 1.29 is 38.6 Å². The highest BCUT2D eigenvalue weighted by Crippen LogP contribution is 2.31. The molecule has 0 radical (unpaired) electrons. The molecule has 3 rings (SSSR count). The van der Waals surface area contributed by atoms with Crippen LogP contribution in [0.3, 0.4) is 0 Å². The Balaban J connectivity index is 1.46. The van der Waals surface area contributed by atoms with Crippen molar-refractivity contribution in [3.8, 4) is 0 Å². The molecule has 27 heavy (non-hydrogen) atoms. The summed E-state index contributed by atoms with van der Waals surface area (Å²) in [6, 6.07) is 0. The fraction of sp³-hybridized carbons (Fsp3) is 1.00. The Morgan fingerprint density at radius 3 is 1.96 bits per heavy atom. The SMILES string of the molecule is CO[C@@H]1C[C@@H](O)[C@H](O[C@H]2CC[C@H](O[C@H]3CC[C@@H](O)[C@H](C)O3)[C@H](C)O2)[C@@H](C)O1. The average Bonchev–Trinajstić information content (AvgIpc) is 2.63. The molecule has 0 spiro atoms. The van der Waals surface area contributed by atoms with Gasteiger partial charge in [-0.1, -0.05) is 0 Å². The molecule has 0 aliphatic carbocycles. The van der Waals surface area contributed by atoms with Gasteiger partial charge in [-0.15, -0.1) is 0 Å². The fourth-order valence-corrected chi connectivity index (χ4v) is 3.99. The summed E-state index contributed by atoms with van der Waals surface area (Å²) in [6.45, 7) is 5.68. The molecule has 0 aromatic rings.